The predicted octanol–water partition coefficient (Wildman–Crippen LogP) is 5.67. The number of ether oxygens (including phenoxy) is 1. The third-order valence-electron chi connectivity index (χ3n) is 4.31. The van der Waals surface area contributed by atoms with Crippen LogP contribution in [-0.2, 0) is 19.3 Å². The molecule has 0 heterocycles. The highest BCUT2D eigenvalue weighted by Gasteiger charge is 2.22. The van der Waals surface area contributed by atoms with E-state index < -0.39 is 5.97 Å². The molecule has 0 spiro atoms. The zero-order valence-corrected chi connectivity index (χ0v) is 16.1. The summed E-state index contributed by atoms with van der Waals surface area (Å²) >= 11 is 0. The number of aryl methyl sites for hydroxylation is 1. The number of hydrogen-bond acceptors (Lipinski definition) is 2. The summed E-state index contributed by atoms with van der Waals surface area (Å²) in [5.74, 6) is 0.101. The van der Waals surface area contributed by atoms with E-state index in [-0.39, 0.29) is 0 Å². The average Bonchev–Trinajstić information content (AvgIpc) is 2.55. The van der Waals surface area contributed by atoms with Gasteiger partial charge in [-0.1, -0.05) is 47.5 Å². The summed E-state index contributed by atoms with van der Waals surface area (Å²) in [7, 11) is 0. The number of unbranched alkanes of at least 4 members (excludes halogenated alkanes) is 2. The van der Waals surface area contributed by atoms with E-state index in [4.69, 9.17) is 4.74 Å². The van der Waals surface area contributed by atoms with Gasteiger partial charge < -0.3 is 9.84 Å². The molecule has 0 amide bonds. The van der Waals surface area contributed by atoms with Crippen molar-refractivity contribution in [3.05, 3.63) is 28.3 Å². The maximum atomic E-state index is 11.8. The minimum Gasteiger partial charge on any atom is -0.492 e. The van der Waals surface area contributed by atoms with Crippen molar-refractivity contribution >= 4 is 5.97 Å². The highest BCUT2D eigenvalue weighted by atomic mass is 16.5. The zero-order chi connectivity index (χ0) is 18.1. The van der Waals surface area contributed by atoms with Crippen LogP contribution >= 0.6 is 0 Å². The molecule has 0 saturated heterocycles. The number of carbonyl (C=O) groups is 1. The fraction of sp³-hybridized carbons (Fsp3) is 0.667. The van der Waals surface area contributed by atoms with E-state index in [0.29, 0.717) is 23.8 Å². The number of rotatable bonds is 11. The fourth-order valence-electron chi connectivity index (χ4n) is 3.04. The van der Waals surface area contributed by atoms with Crippen LogP contribution in [0.15, 0.2) is 6.07 Å². The van der Waals surface area contributed by atoms with E-state index in [1.54, 1.807) is 0 Å². The van der Waals surface area contributed by atoms with E-state index in [1.165, 1.54) is 11.1 Å². The topological polar surface area (TPSA) is 46.5 Å². The average molecular weight is 335 g/mol. The van der Waals surface area contributed by atoms with Crippen LogP contribution < -0.4 is 4.74 Å². The van der Waals surface area contributed by atoms with E-state index in [1.807, 2.05) is 6.07 Å². The number of hydrogen-bond donors (Lipinski definition) is 1. The largest absolute Gasteiger partial charge is 0.492 e. The van der Waals surface area contributed by atoms with Crippen LogP contribution in [0.5, 0.6) is 5.75 Å². The van der Waals surface area contributed by atoms with Crippen LogP contribution in [0.3, 0.4) is 0 Å². The molecule has 0 saturated carbocycles. The van der Waals surface area contributed by atoms with Gasteiger partial charge in [-0.05, 0) is 60.8 Å². The van der Waals surface area contributed by atoms with Gasteiger partial charge in [-0.2, -0.15) is 0 Å². The molecule has 0 fully saturated rings. The Morgan fingerprint density at radius 1 is 1.08 bits per heavy atom. The fourth-order valence-corrected chi connectivity index (χ4v) is 3.04. The molecule has 3 heteroatoms. The Morgan fingerprint density at radius 3 is 2.21 bits per heavy atom. The van der Waals surface area contributed by atoms with Crippen LogP contribution in [0.2, 0.25) is 0 Å². The van der Waals surface area contributed by atoms with Gasteiger partial charge in [-0.15, -0.1) is 0 Å². The van der Waals surface area contributed by atoms with Crippen molar-refractivity contribution in [2.75, 3.05) is 6.61 Å². The maximum absolute atomic E-state index is 11.8. The first kappa shape index (κ1) is 20.5. The van der Waals surface area contributed by atoms with Gasteiger partial charge in [-0.3, -0.25) is 0 Å². The van der Waals surface area contributed by atoms with Crippen molar-refractivity contribution < 1.29 is 14.6 Å². The lowest BCUT2D eigenvalue weighted by Gasteiger charge is -2.21. The Morgan fingerprint density at radius 2 is 1.71 bits per heavy atom. The van der Waals surface area contributed by atoms with Gasteiger partial charge in [0, 0.05) is 0 Å². The second-order valence-electron chi connectivity index (χ2n) is 6.94. The number of benzene rings is 1. The molecule has 3 nitrogen and oxygen atoms in total. The Labute approximate surface area is 147 Å². The Hall–Kier alpha value is -1.51. The highest BCUT2D eigenvalue weighted by Crippen LogP contribution is 2.34. The van der Waals surface area contributed by atoms with Gasteiger partial charge in [0.05, 0.1) is 6.61 Å². The second-order valence-corrected chi connectivity index (χ2v) is 6.94. The molecule has 0 aliphatic rings. The normalized spacial score (nSPS) is 11.1. The quantitative estimate of drug-likeness (QED) is 0.567. The molecule has 0 bridgehead atoms. The van der Waals surface area contributed by atoms with Gasteiger partial charge in [0.2, 0.25) is 0 Å². The Bertz CT molecular complexity index is 532. The summed E-state index contributed by atoms with van der Waals surface area (Å²) in [5, 5.41) is 9.71. The molecule has 0 radical (unpaired) electrons. The summed E-state index contributed by atoms with van der Waals surface area (Å²) in [6, 6.07) is 1.86. The zero-order valence-electron chi connectivity index (χ0n) is 16.1. The summed E-state index contributed by atoms with van der Waals surface area (Å²) in [6.45, 7) is 11.2. The van der Waals surface area contributed by atoms with Gasteiger partial charge in [0.25, 0.3) is 0 Å². The van der Waals surface area contributed by atoms with Gasteiger partial charge in [-0.25, -0.2) is 4.79 Å². The molecule has 1 aromatic rings. The first-order valence-corrected chi connectivity index (χ1v) is 9.49. The minimum atomic E-state index is -0.882. The SMILES string of the molecule is CCCCc1cc(C(=O)O)c(OCC(C)C)c(CCCC)c1CC. The highest BCUT2D eigenvalue weighted by molar-refractivity contribution is 5.92. The minimum absolute atomic E-state index is 0.338. The number of carboxylic acid groups (broad SMARTS) is 1. The standard InChI is InChI=1S/C21H34O3/c1-6-9-11-16-13-19(21(22)23)20(24-14-15(4)5)18(12-10-7-2)17(16)8-3/h13,15H,6-12,14H2,1-5H3,(H,22,23). The third-order valence-corrected chi connectivity index (χ3v) is 4.31. The summed E-state index contributed by atoms with van der Waals surface area (Å²) < 4.78 is 6.01. The van der Waals surface area contributed by atoms with Gasteiger partial charge in [0.15, 0.2) is 0 Å². The smallest absolute Gasteiger partial charge is 0.339 e. The molecule has 0 atom stereocenters. The lowest BCUT2D eigenvalue weighted by atomic mass is 9.89. The van der Waals surface area contributed by atoms with E-state index >= 15 is 0 Å². The molecule has 1 rings (SSSR count). The van der Waals surface area contributed by atoms with Crippen LogP contribution in [0, 0.1) is 5.92 Å². The lowest BCUT2D eigenvalue weighted by Crippen LogP contribution is -2.14. The first-order chi connectivity index (χ1) is 11.5. The Kier molecular flexibility index (Phi) is 8.88. The van der Waals surface area contributed by atoms with Crippen molar-refractivity contribution in [1.82, 2.24) is 0 Å². The first-order valence-electron chi connectivity index (χ1n) is 9.49. The number of carboxylic acids is 1. The van der Waals surface area contributed by atoms with Gasteiger partial charge in [0.1, 0.15) is 11.3 Å². The summed E-state index contributed by atoms with van der Waals surface area (Å²) in [6.07, 6.45) is 7.12. The molecule has 0 aliphatic carbocycles. The summed E-state index contributed by atoms with van der Waals surface area (Å²) in [5.41, 5.74) is 3.97. The summed E-state index contributed by atoms with van der Waals surface area (Å²) in [4.78, 5) is 11.8. The number of aromatic carboxylic acids is 1. The van der Waals surface area contributed by atoms with Crippen LogP contribution in [0.4, 0.5) is 0 Å². The van der Waals surface area contributed by atoms with Crippen molar-refractivity contribution in [3.63, 3.8) is 0 Å². The van der Waals surface area contributed by atoms with Crippen LogP contribution in [-0.4, -0.2) is 17.7 Å². The van der Waals surface area contributed by atoms with Crippen LogP contribution in [0.1, 0.15) is 87.4 Å². The van der Waals surface area contributed by atoms with Crippen molar-refractivity contribution in [2.24, 2.45) is 5.92 Å². The van der Waals surface area contributed by atoms with Crippen LogP contribution in [0.25, 0.3) is 0 Å². The Balaban J connectivity index is 3.45. The third kappa shape index (κ3) is 5.54. The molecular weight excluding hydrogens is 300 g/mol. The molecular formula is C21H34O3. The second kappa shape index (κ2) is 10.4. The molecule has 0 aliphatic heterocycles. The van der Waals surface area contributed by atoms with E-state index in [2.05, 4.69) is 34.6 Å². The lowest BCUT2D eigenvalue weighted by molar-refractivity contribution is 0.0691. The molecule has 1 N–H and O–H groups in total. The molecule has 24 heavy (non-hydrogen) atoms. The monoisotopic (exact) mass is 334 g/mol. The van der Waals surface area contributed by atoms with Gasteiger partial charge >= 0.3 is 5.97 Å². The molecule has 0 aromatic heterocycles. The van der Waals surface area contributed by atoms with E-state index in [9.17, 15) is 9.90 Å². The molecule has 1 aromatic carbocycles. The van der Waals surface area contributed by atoms with Crippen molar-refractivity contribution in [2.45, 2.75) is 79.6 Å². The predicted molar refractivity (Wildman–Crippen MR) is 100 cm³/mol. The molecule has 136 valence electrons. The van der Waals surface area contributed by atoms with Crippen molar-refractivity contribution in [3.8, 4) is 5.75 Å². The molecule has 0 unspecified atom stereocenters. The maximum Gasteiger partial charge on any atom is 0.339 e. The van der Waals surface area contributed by atoms with Crippen molar-refractivity contribution in [1.29, 1.82) is 0 Å². The van der Waals surface area contributed by atoms with E-state index in [0.717, 1.165) is 50.5 Å².